The fourth-order valence-corrected chi connectivity index (χ4v) is 4.61. The second kappa shape index (κ2) is 8.86. The van der Waals surface area contributed by atoms with E-state index in [1.807, 2.05) is 46.1 Å². The van der Waals surface area contributed by atoms with Gasteiger partial charge in [0.1, 0.15) is 0 Å². The first kappa shape index (κ1) is 20.3. The van der Waals surface area contributed by atoms with E-state index in [1.165, 1.54) is 12.8 Å². The number of carbonyl (C=O) groups is 1. The molecule has 0 radical (unpaired) electrons. The highest BCUT2D eigenvalue weighted by Crippen LogP contribution is 2.29. The lowest BCUT2D eigenvalue weighted by Crippen LogP contribution is -2.38. The molecule has 0 spiro atoms. The van der Waals surface area contributed by atoms with Gasteiger partial charge in [0.2, 0.25) is 0 Å². The Balaban J connectivity index is 1.63. The van der Waals surface area contributed by atoms with Gasteiger partial charge in [-0.25, -0.2) is 9.67 Å². The van der Waals surface area contributed by atoms with Crippen LogP contribution in [-0.2, 0) is 6.54 Å². The summed E-state index contributed by atoms with van der Waals surface area (Å²) in [6.07, 6.45) is 13.4. The average molecular weight is 427 g/mol. The van der Waals surface area contributed by atoms with Crippen molar-refractivity contribution in [2.75, 3.05) is 6.54 Å². The number of pyridine rings is 3. The third-order valence-electron chi connectivity index (χ3n) is 6.22. The predicted octanol–water partition coefficient (Wildman–Crippen LogP) is 4.34. The quantitative estimate of drug-likeness (QED) is 0.458. The Kier molecular flexibility index (Phi) is 5.62. The highest BCUT2D eigenvalue weighted by atomic mass is 16.2. The van der Waals surface area contributed by atoms with Gasteiger partial charge < -0.3 is 4.90 Å². The fourth-order valence-electron chi connectivity index (χ4n) is 4.61. The first-order valence-electron chi connectivity index (χ1n) is 11.2. The first-order chi connectivity index (χ1) is 15.7. The molecule has 4 aromatic heterocycles. The van der Waals surface area contributed by atoms with Gasteiger partial charge in [-0.05, 0) is 49.6 Å². The van der Waals surface area contributed by atoms with Gasteiger partial charge in [0, 0.05) is 42.9 Å². The number of amides is 1. The number of rotatable bonds is 6. The Labute approximate surface area is 187 Å². The van der Waals surface area contributed by atoms with E-state index in [2.05, 4.69) is 22.0 Å². The lowest BCUT2D eigenvalue weighted by molar-refractivity contribution is 0.0695. The van der Waals surface area contributed by atoms with Gasteiger partial charge in [0.25, 0.3) is 5.91 Å². The molecule has 1 aliphatic carbocycles. The molecule has 0 atom stereocenters. The molecule has 4 aromatic rings. The second-order valence-electron chi connectivity index (χ2n) is 8.23. The maximum Gasteiger partial charge on any atom is 0.254 e. The number of nitrogens with zero attached hydrogens (tertiary/aromatic N) is 6. The summed E-state index contributed by atoms with van der Waals surface area (Å²) in [6.45, 7) is 3.29. The molecule has 0 N–H and O–H groups in total. The van der Waals surface area contributed by atoms with Crippen LogP contribution in [-0.4, -0.2) is 48.1 Å². The van der Waals surface area contributed by atoms with E-state index in [9.17, 15) is 4.79 Å². The molecular weight excluding hydrogens is 400 g/mol. The standard InChI is InChI=1S/C25H26N6O/c1-2-30(20-9-3-4-10-20)25(32)21-13-23(19-8-6-12-27-15-19)29-24-22(21)16-28-31(24)17-18-7-5-11-26-14-18/h5-8,11-16,20H,2-4,9-10,17H2,1H3. The molecule has 32 heavy (non-hydrogen) atoms. The summed E-state index contributed by atoms with van der Waals surface area (Å²) in [7, 11) is 0. The molecule has 7 heteroatoms. The van der Waals surface area contributed by atoms with Crippen LogP contribution in [0.4, 0.5) is 0 Å². The summed E-state index contributed by atoms with van der Waals surface area (Å²) in [5.74, 6) is 0.0536. The summed E-state index contributed by atoms with van der Waals surface area (Å²) in [5, 5.41) is 5.37. The third-order valence-corrected chi connectivity index (χ3v) is 6.22. The average Bonchev–Trinajstić information content (AvgIpc) is 3.51. The molecule has 0 saturated heterocycles. The Morgan fingerprint density at radius 3 is 2.56 bits per heavy atom. The lowest BCUT2D eigenvalue weighted by Gasteiger charge is -2.28. The van der Waals surface area contributed by atoms with Crippen LogP contribution >= 0.6 is 0 Å². The minimum absolute atomic E-state index is 0.0536. The Morgan fingerprint density at radius 2 is 1.88 bits per heavy atom. The molecule has 1 amide bonds. The van der Waals surface area contributed by atoms with E-state index in [0.717, 1.165) is 35.0 Å². The van der Waals surface area contributed by atoms with Crippen LogP contribution in [0.15, 0.2) is 61.3 Å². The Bertz CT molecular complexity index is 1220. The summed E-state index contributed by atoms with van der Waals surface area (Å²) in [6, 6.07) is 9.97. The molecule has 1 saturated carbocycles. The zero-order chi connectivity index (χ0) is 21.9. The van der Waals surface area contributed by atoms with Gasteiger partial charge in [0.05, 0.1) is 29.4 Å². The van der Waals surface area contributed by atoms with Crippen LogP contribution in [0.3, 0.4) is 0 Å². The fraction of sp³-hybridized carbons (Fsp3) is 0.320. The lowest BCUT2D eigenvalue weighted by atomic mass is 10.1. The summed E-state index contributed by atoms with van der Waals surface area (Å²) in [4.78, 5) is 29.1. The smallest absolute Gasteiger partial charge is 0.254 e. The van der Waals surface area contributed by atoms with Crippen molar-refractivity contribution in [3.8, 4) is 11.3 Å². The monoisotopic (exact) mass is 426 g/mol. The maximum atomic E-state index is 13.8. The minimum atomic E-state index is 0.0536. The zero-order valence-electron chi connectivity index (χ0n) is 18.2. The van der Waals surface area contributed by atoms with Crippen LogP contribution in [0.2, 0.25) is 0 Å². The predicted molar refractivity (Wildman–Crippen MR) is 123 cm³/mol. The minimum Gasteiger partial charge on any atom is -0.336 e. The Hall–Kier alpha value is -3.61. The van der Waals surface area contributed by atoms with Crippen molar-refractivity contribution < 1.29 is 4.79 Å². The molecule has 1 fully saturated rings. The summed E-state index contributed by atoms with van der Waals surface area (Å²) >= 11 is 0. The molecule has 0 aromatic carbocycles. The van der Waals surface area contributed by atoms with Crippen molar-refractivity contribution >= 4 is 16.9 Å². The van der Waals surface area contributed by atoms with E-state index < -0.39 is 0 Å². The third kappa shape index (κ3) is 3.86. The number of carbonyl (C=O) groups excluding carboxylic acids is 1. The first-order valence-corrected chi connectivity index (χ1v) is 11.2. The molecule has 162 valence electrons. The van der Waals surface area contributed by atoms with Crippen molar-refractivity contribution in [3.05, 3.63) is 72.4 Å². The van der Waals surface area contributed by atoms with Crippen molar-refractivity contribution in [2.24, 2.45) is 0 Å². The SMILES string of the molecule is CCN(C(=O)c1cc(-c2cccnc2)nc2c1cnn2Cc1cccnc1)C1CCCC1. The van der Waals surface area contributed by atoms with Crippen LogP contribution in [0.25, 0.3) is 22.3 Å². The summed E-state index contributed by atoms with van der Waals surface area (Å²) in [5.41, 5.74) is 3.98. The van der Waals surface area contributed by atoms with Crippen LogP contribution < -0.4 is 0 Å². The zero-order valence-corrected chi connectivity index (χ0v) is 18.2. The summed E-state index contributed by atoms with van der Waals surface area (Å²) < 4.78 is 1.84. The van der Waals surface area contributed by atoms with Crippen LogP contribution in [0, 0.1) is 0 Å². The van der Waals surface area contributed by atoms with Gasteiger partial charge in [-0.1, -0.05) is 18.9 Å². The molecule has 4 heterocycles. The van der Waals surface area contributed by atoms with E-state index in [-0.39, 0.29) is 5.91 Å². The molecule has 0 bridgehead atoms. The highest BCUT2D eigenvalue weighted by Gasteiger charge is 2.28. The molecular formula is C25H26N6O. The van der Waals surface area contributed by atoms with Gasteiger partial charge in [-0.2, -0.15) is 5.10 Å². The molecule has 5 rings (SSSR count). The van der Waals surface area contributed by atoms with Gasteiger partial charge in [-0.15, -0.1) is 0 Å². The van der Waals surface area contributed by atoms with Gasteiger partial charge >= 0.3 is 0 Å². The van der Waals surface area contributed by atoms with E-state index in [4.69, 9.17) is 4.98 Å². The van der Waals surface area contributed by atoms with Crippen molar-refractivity contribution in [1.82, 2.24) is 29.6 Å². The molecule has 7 nitrogen and oxygen atoms in total. The Morgan fingerprint density at radius 1 is 1.09 bits per heavy atom. The number of hydrogen-bond acceptors (Lipinski definition) is 5. The largest absolute Gasteiger partial charge is 0.336 e. The van der Waals surface area contributed by atoms with Gasteiger partial charge in [-0.3, -0.25) is 14.8 Å². The van der Waals surface area contributed by atoms with Gasteiger partial charge in [0.15, 0.2) is 5.65 Å². The highest BCUT2D eigenvalue weighted by molar-refractivity contribution is 6.06. The number of fused-ring (bicyclic) bond motifs is 1. The van der Waals surface area contributed by atoms with Crippen LogP contribution in [0.5, 0.6) is 0 Å². The van der Waals surface area contributed by atoms with E-state index >= 15 is 0 Å². The molecule has 0 aliphatic heterocycles. The van der Waals surface area contributed by atoms with E-state index in [0.29, 0.717) is 30.3 Å². The van der Waals surface area contributed by atoms with Crippen molar-refractivity contribution in [2.45, 2.75) is 45.2 Å². The second-order valence-corrected chi connectivity index (χ2v) is 8.23. The maximum absolute atomic E-state index is 13.8. The normalized spacial score (nSPS) is 14.2. The topological polar surface area (TPSA) is 76.8 Å². The van der Waals surface area contributed by atoms with E-state index in [1.54, 1.807) is 24.8 Å². The molecule has 0 unspecified atom stereocenters. The van der Waals surface area contributed by atoms with Crippen molar-refractivity contribution in [3.63, 3.8) is 0 Å². The van der Waals surface area contributed by atoms with Crippen molar-refractivity contribution in [1.29, 1.82) is 0 Å². The van der Waals surface area contributed by atoms with Crippen LogP contribution in [0.1, 0.15) is 48.5 Å². The number of aromatic nitrogens is 5. The molecule has 1 aliphatic rings. The number of hydrogen-bond donors (Lipinski definition) is 0.